The van der Waals surface area contributed by atoms with E-state index < -0.39 is 10.0 Å². The molecule has 40 heavy (non-hydrogen) atoms. The number of amides is 1. The van der Waals surface area contributed by atoms with Crippen LogP contribution in [-0.4, -0.2) is 66.6 Å². The molecule has 0 spiro atoms. The van der Waals surface area contributed by atoms with Gasteiger partial charge in [0.05, 0.1) is 35.0 Å². The Labute approximate surface area is 238 Å². The summed E-state index contributed by atoms with van der Waals surface area (Å²) in [6.07, 6.45) is 0. The summed E-state index contributed by atoms with van der Waals surface area (Å²) in [7, 11) is -3.95. The number of carbonyl (C=O) groups excluding carboxylic acids is 1. The van der Waals surface area contributed by atoms with Crippen molar-refractivity contribution in [3.05, 3.63) is 70.1 Å². The summed E-state index contributed by atoms with van der Waals surface area (Å²) in [5.74, 6) is -0.201. The lowest BCUT2D eigenvalue weighted by Crippen LogP contribution is -2.51. The van der Waals surface area contributed by atoms with Crippen LogP contribution in [0.1, 0.15) is 11.1 Å². The number of carbonyl (C=O) groups is 2. The molecule has 1 fully saturated rings. The normalized spacial score (nSPS) is 15.2. The lowest BCUT2D eigenvalue weighted by molar-refractivity contribution is -0.126. The van der Waals surface area contributed by atoms with Gasteiger partial charge in [-0.25, -0.2) is 8.42 Å². The van der Waals surface area contributed by atoms with Crippen molar-refractivity contribution < 1.29 is 33.0 Å². The van der Waals surface area contributed by atoms with Gasteiger partial charge < -0.3 is 25.6 Å². The third-order valence-corrected chi connectivity index (χ3v) is 8.89. The molecule has 0 bridgehead atoms. The van der Waals surface area contributed by atoms with Gasteiger partial charge in [-0.3, -0.25) is 19.0 Å². The van der Waals surface area contributed by atoms with Gasteiger partial charge in [0.2, 0.25) is 5.91 Å². The quantitative estimate of drug-likeness (QED) is 0.189. The van der Waals surface area contributed by atoms with E-state index in [1.54, 1.807) is 16.8 Å². The standard InChI is InChI=1S/C24H24ClN5O5S2.CH2O2/c25-20-7-8-21(36-20)37(33,34)29-23-22-18(5-2-6-19(22)31)30(28-23)13-16-4-1-3-15(11-16)12-27-24(32)17-14-35-10-9-26-17;2-1-3/h1-8,11,17,26,31H,9-10,12-14H2,(H,27,32)(H,28,29);1H,(H,2,3). The average Bonchev–Trinajstić information content (AvgIpc) is 3.53. The van der Waals surface area contributed by atoms with E-state index in [2.05, 4.69) is 20.5 Å². The molecule has 0 radical (unpaired) electrons. The Morgan fingerprint density at radius 3 is 2.67 bits per heavy atom. The van der Waals surface area contributed by atoms with Gasteiger partial charge in [-0.15, -0.1) is 11.3 Å². The van der Waals surface area contributed by atoms with Gasteiger partial charge in [0, 0.05) is 13.1 Å². The zero-order valence-corrected chi connectivity index (χ0v) is 23.3. The molecule has 1 atom stereocenters. The summed E-state index contributed by atoms with van der Waals surface area (Å²) in [6.45, 7) is 1.99. The Kier molecular flexibility index (Phi) is 9.60. The van der Waals surface area contributed by atoms with Crippen molar-refractivity contribution in [1.82, 2.24) is 20.4 Å². The molecule has 1 aliphatic heterocycles. The van der Waals surface area contributed by atoms with Crippen molar-refractivity contribution >= 4 is 62.1 Å². The van der Waals surface area contributed by atoms with Crippen LogP contribution < -0.4 is 15.4 Å². The third-order valence-electron chi connectivity index (χ3n) is 5.83. The molecule has 212 valence electrons. The number of rotatable bonds is 8. The summed E-state index contributed by atoms with van der Waals surface area (Å²) >= 11 is 6.84. The molecule has 2 aromatic carbocycles. The zero-order chi connectivity index (χ0) is 28.7. The summed E-state index contributed by atoms with van der Waals surface area (Å²) in [6, 6.07) is 15.1. The van der Waals surface area contributed by atoms with Crippen molar-refractivity contribution in [1.29, 1.82) is 0 Å². The van der Waals surface area contributed by atoms with Crippen molar-refractivity contribution in [3.8, 4) is 5.75 Å². The molecule has 0 saturated carbocycles. The topological polar surface area (TPSA) is 172 Å². The first-order chi connectivity index (χ1) is 19.2. The number of thiophene rings is 1. The monoisotopic (exact) mass is 607 g/mol. The number of sulfonamides is 1. The number of anilines is 1. The smallest absolute Gasteiger partial charge is 0.290 e. The highest BCUT2D eigenvalue weighted by Gasteiger charge is 2.23. The second-order valence-electron chi connectivity index (χ2n) is 8.57. The maximum Gasteiger partial charge on any atom is 0.290 e. The maximum absolute atomic E-state index is 12.9. The van der Waals surface area contributed by atoms with E-state index in [4.69, 9.17) is 26.2 Å². The van der Waals surface area contributed by atoms with Crippen LogP contribution in [0.15, 0.2) is 58.8 Å². The van der Waals surface area contributed by atoms with E-state index >= 15 is 0 Å². The van der Waals surface area contributed by atoms with Gasteiger partial charge in [0.15, 0.2) is 5.82 Å². The van der Waals surface area contributed by atoms with Gasteiger partial charge in [-0.2, -0.15) is 5.10 Å². The predicted molar refractivity (Wildman–Crippen MR) is 150 cm³/mol. The first-order valence-electron chi connectivity index (χ1n) is 11.9. The molecule has 0 aliphatic carbocycles. The minimum Gasteiger partial charge on any atom is -0.507 e. The number of nitrogens with one attached hydrogen (secondary N) is 3. The van der Waals surface area contributed by atoms with Gasteiger partial charge in [0.25, 0.3) is 16.5 Å². The molecule has 1 saturated heterocycles. The lowest BCUT2D eigenvalue weighted by Gasteiger charge is -2.22. The molecule has 1 aliphatic rings. The number of carboxylic acid groups (broad SMARTS) is 1. The second-order valence-corrected chi connectivity index (χ2v) is 12.2. The summed E-state index contributed by atoms with van der Waals surface area (Å²) in [5, 5.41) is 28.2. The van der Waals surface area contributed by atoms with Crippen molar-refractivity contribution in [2.75, 3.05) is 24.5 Å². The van der Waals surface area contributed by atoms with Crippen LogP contribution in [-0.2, 0) is 37.4 Å². The average molecular weight is 608 g/mol. The molecule has 3 heterocycles. The van der Waals surface area contributed by atoms with E-state index in [9.17, 15) is 18.3 Å². The highest BCUT2D eigenvalue weighted by Crippen LogP contribution is 2.34. The fraction of sp³-hybridized carbons (Fsp3) is 0.240. The van der Waals surface area contributed by atoms with Crippen LogP contribution in [0.5, 0.6) is 5.75 Å². The van der Waals surface area contributed by atoms with Crippen LogP contribution in [0.2, 0.25) is 4.34 Å². The van der Waals surface area contributed by atoms with Crippen molar-refractivity contribution in [2.45, 2.75) is 23.3 Å². The molecular formula is C25H26ClN5O7S2. The number of morpholine rings is 1. The van der Waals surface area contributed by atoms with Crippen LogP contribution in [0, 0.1) is 0 Å². The molecule has 2 aromatic heterocycles. The number of fused-ring (bicyclic) bond motifs is 1. The van der Waals surface area contributed by atoms with E-state index in [0.29, 0.717) is 48.1 Å². The highest BCUT2D eigenvalue weighted by molar-refractivity contribution is 7.94. The molecular weight excluding hydrogens is 582 g/mol. The fourth-order valence-electron chi connectivity index (χ4n) is 4.08. The largest absolute Gasteiger partial charge is 0.507 e. The van der Waals surface area contributed by atoms with Crippen LogP contribution in [0.25, 0.3) is 10.9 Å². The van der Waals surface area contributed by atoms with Gasteiger partial charge in [-0.1, -0.05) is 41.9 Å². The van der Waals surface area contributed by atoms with Crippen molar-refractivity contribution in [2.24, 2.45) is 0 Å². The Bertz CT molecular complexity index is 1600. The number of benzene rings is 2. The van der Waals surface area contributed by atoms with Gasteiger partial charge in [-0.05, 0) is 35.4 Å². The first-order valence-corrected chi connectivity index (χ1v) is 14.6. The molecule has 15 heteroatoms. The highest BCUT2D eigenvalue weighted by atomic mass is 35.5. The third kappa shape index (κ3) is 7.08. The molecule has 1 unspecified atom stereocenters. The van der Waals surface area contributed by atoms with E-state index in [1.807, 2.05) is 24.3 Å². The zero-order valence-electron chi connectivity index (χ0n) is 20.9. The Hall–Kier alpha value is -3.69. The molecule has 5 rings (SSSR count). The van der Waals surface area contributed by atoms with Crippen LogP contribution in [0.4, 0.5) is 5.82 Å². The number of aromatic hydroxyl groups is 1. The second kappa shape index (κ2) is 13.1. The Morgan fingerprint density at radius 1 is 1.23 bits per heavy atom. The molecule has 4 aromatic rings. The van der Waals surface area contributed by atoms with Gasteiger partial charge >= 0.3 is 0 Å². The first kappa shape index (κ1) is 29.3. The minimum atomic E-state index is -3.95. The van der Waals surface area contributed by atoms with Crippen molar-refractivity contribution in [3.63, 3.8) is 0 Å². The van der Waals surface area contributed by atoms with Gasteiger partial charge in [0.1, 0.15) is 16.0 Å². The SMILES string of the molecule is O=C(NCc1cccc(Cn2nc(NS(=O)(=O)c3ccc(Cl)s3)c3c(O)cccc32)c1)C1COCCN1.O=CO. The number of hydrogen-bond donors (Lipinski definition) is 5. The number of halogens is 1. The number of aromatic nitrogens is 2. The number of phenolic OH excluding ortho intramolecular Hbond substituents is 1. The molecule has 1 amide bonds. The van der Waals surface area contributed by atoms with E-state index in [-0.39, 0.29) is 34.2 Å². The fourth-order valence-corrected chi connectivity index (χ4v) is 6.57. The number of nitrogens with zero attached hydrogens (tertiary/aromatic N) is 2. The molecule has 12 nitrogen and oxygen atoms in total. The number of ether oxygens (including phenoxy) is 1. The van der Waals surface area contributed by atoms with E-state index in [1.165, 1.54) is 18.2 Å². The van der Waals surface area contributed by atoms with Crippen LogP contribution >= 0.6 is 22.9 Å². The maximum atomic E-state index is 12.9. The predicted octanol–water partition coefficient (Wildman–Crippen LogP) is 2.61. The summed E-state index contributed by atoms with van der Waals surface area (Å²) in [5.41, 5.74) is 2.35. The number of phenols is 1. The minimum absolute atomic E-state index is 0.0169. The summed E-state index contributed by atoms with van der Waals surface area (Å²) in [4.78, 5) is 20.8. The Balaban J connectivity index is 0.00000118. The van der Waals surface area contributed by atoms with E-state index in [0.717, 1.165) is 22.5 Å². The van der Waals surface area contributed by atoms with Crippen LogP contribution in [0.3, 0.4) is 0 Å². The Morgan fingerprint density at radius 2 is 1.98 bits per heavy atom. The molecule has 5 N–H and O–H groups in total. The summed E-state index contributed by atoms with van der Waals surface area (Å²) < 4.78 is 35.6. The lowest BCUT2D eigenvalue weighted by atomic mass is 10.1. The number of hydrogen-bond acceptors (Lipinski definition) is 9.